The first kappa shape index (κ1) is 15.1. The monoisotopic (exact) mass is 338 g/mol. The van der Waals surface area contributed by atoms with Crippen LogP contribution in [-0.2, 0) is 5.54 Å². The summed E-state index contributed by atoms with van der Waals surface area (Å²) in [7, 11) is 0. The molecule has 6 heteroatoms. The number of hydrogen-bond donors (Lipinski definition) is 2. The molecule has 1 fully saturated rings. The molecule has 2 atom stereocenters. The van der Waals surface area contributed by atoms with Crippen molar-refractivity contribution >= 4 is 29.2 Å². The van der Waals surface area contributed by atoms with Gasteiger partial charge in [0.1, 0.15) is 5.82 Å². The molecule has 114 valence electrons. The minimum absolute atomic E-state index is 0.0488. The van der Waals surface area contributed by atoms with Crippen molar-refractivity contribution in [1.29, 1.82) is 0 Å². The van der Waals surface area contributed by atoms with Crippen LogP contribution < -0.4 is 10.6 Å². The number of benzene rings is 2. The second kappa shape index (κ2) is 5.45. The number of rotatable bonds is 2. The minimum atomic E-state index is -0.795. The van der Waals surface area contributed by atoms with Crippen LogP contribution in [0.15, 0.2) is 42.5 Å². The molecule has 2 N–H and O–H groups in total. The first-order valence-corrected chi connectivity index (χ1v) is 7.45. The summed E-state index contributed by atoms with van der Waals surface area (Å²) in [5.74, 6) is -0.517. The van der Waals surface area contributed by atoms with E-state index in [2.05, 4.69) is 10.6 Å². The molecule has 22 heavy (non-hydrogen) atoms. The summed E-state index contributed by atoms with van der Waals surface area (Å²) < 4.78 is 13.8. The van der Waals surface area contributed by atoms with Gasteiger partial charge in [-0.05, 0) is 42.3 Å². The Kier molecular flexibility index (Phi) is 3.75. The molecule has 3 nitrogen and oxygen atoms in total. The lowest BCUT2D eigenvalue weighted by molar-refractivity contribution is 0.245. The first-order valence-electron chi connectivity index (χ1n) is 6.70. The molecule has 2 unspecified atom stereocenters. The molecule has 0 saturated carbocycles. The molecule has 2 aromatic carbocycles. The van der Waals surface area contributed by atoms with Crippen LogP contribution in [0.25, 0.3) is 0 Å². The van der Waals surface area contributed by atoms with Crippen molar-refractivity contribution in [3.05, 3.63) is 69.5 Å². The van der Waals surface area contributed by atoms with E-state index in [1.165, 1.54) is 12.1 Å². The van der Waals surface area contributed by atoms with E-state index < -0.39 is 11.4 Å². The van der Waals surface area contributed by atoms with Crippen molar-refractivity contribution < 1.29 is 9.18 Å². The third-order valence-corrected chi connectivity index (χ3v) is 4.51. The van der Waals surface area contributed by atoms with Gasteiger partial charge in [-0.2, -0.15) is 0 Å². The number of nitrogens with one attached hydrogen (secondary N) is 2. The smallest absolute Gasteiger partial charge is 0.316 e. The molecule has 0 aromatic heterocycles. The Balaban J connectivity index is 2.06. The third-order valence-electron chi connectivity index (χ3n) is 3.95. The summed E-state index contributed by atoms with van der Waals surface area (Å²) in [4.78, 5) is 11.9. The fraction of sp³-hybridized carbons (Fsp3) is 0.188. The summed E-state index contributed by atoms with van der Waals surface area (Å²) in [5.41, 5.74) is 0.712. The van der Waals surface area contributed by atoms with Gasteiger partial charge >= 0.3 is 6.03 Å². The van der Waals surface area contributed by atoms with Gasteiger partial charge in [0.15, 0.2) is 0 Å². The Bertz CT molecular complexity index is 735. The zero-order valence-electron chi connectivity index (χ0n) is 11.7. The molecular weight excluding hydrogens is 326 g/mol. The van der Waals surface area contributed by atoms with Crippen molar-refractivity contribution in [3.8, 4) is 0 Å². The Hall–Kier alpha value is -1.78. The van der Waals surface area contributed by atoms with Gasteiger partial charge in [-0.3, -0.25) is 0 Å². The van der Waals surface area contributed by atoms with Crippen LogP contribution in [-0.4, -0.2) is 6.03 Å². The van der Waals surface area contributed by atoms with Crippen LogP contribution in [0.1, 0.15) is 24.1 Å². The molecule has 2 amide bonds. The molecule has 0 aliphatic carbocycles. The average Bonchev–Trinajstić information content (AvgIpc) is 2.79. The van der Waals surface area contributed by atoms with Gasteiger partial charge in [0.2, 0.25) is 0 Å². The highest BCUT2D eigenvalue weighted by molar-refractivity contribution is 6.30. The maximum atomic E-state index is 13.8. The zero-order valence-corrected chi connectivity index (χ0v) is 13.2. The van der Waals surface area contributed by atoms with Gasteiger partial charge < -0.3 is 10.6 Å². The summed E-state index contributed by atoms with van der Waals surface area (Å²) in [6, 6.07) is 11.1. The minimum Gasteiger partial charge on any atom is -0.329 e. The summed E-state index contributed by atoms with van der Waals surface area (Å²) in [6.45, 7) is 1.84. The largest absolute Gasteiger partial charge is 0.329 e. The molecule has 0 radical (unpaired) electrons. The van der Waals surface area contributed by atoms with Crippen molar-refractivity contribution in [2.45, 2.75) is 18.5 Å². The summed E-state index contributed by atoms with van der Waals surface area (Å²) in [5, 5.41) is 6.39. The van der Waals surface area contributed by atoms with Crippen LogP contribution in [0, 0.1) is 5.82 Å². The van der Waals surface area contributed by atoms with Crippen molar-refractivity contribution in [1.82, 2.24) is 10.6 Å². The van der Waals surface area contributed by atoms with E-state index in [1.54, 1.807) is 18.2 Å². The second-order valence-corrected chi connectivity index (χ2v) is 6.26. The van der Waals surface area contributed by atoms with E-state index in [9.17, 15) is 9.18 Å². The lowest BCUT2D eigenvalue weighted by Gasteiger charge is -2.31. The SMILES string of the molecule is CC1(c2ccc(Cl)c(F)c2)NC(=O)NC1c1ccc(Cl)cc1. The number of halogens is 3. The molecule has 1 aliphatic heterocycles. The number of carbonyl (C=O) groups excluding carboxylic acids is 1. The summed E-state index contributed by atoms with van der Waals surface area (Å²) in [6.07, 6.45) is 0. The van der Waals surface area contributed by atoms with Crippen LogP contribution in [0.2, 0.25) is 10.0 Å². The third kappa shape index (κ3) is 2.53. The topological polar surface area (TPSA) is 41.1 Å². The van der Waals surface area contributed by atoms with Crippen molar-refractivity contribution in [3.63, 3.8) is 0 Å². The number of carbonyl (C=O) groups is 1. The maximum absolute atomic E-state index is 13.8. The van der Waals surface area contributed by atoms with Crippen LogP contribution >= 0.6 is 23.2 Å². The predicted molar refractivity (Wildman–Crippen MR) is 84.6 cm³/mol. The Morgan fingerprint density at radius 1 is 1.14 bits per heavy atom. The van der Waals surface area contributed by atoms with E-state index in [0.29, 0.717) is 10.6 Å². The standard InChI is InChI=1S/C16H13Cl2FN2O/c1-16(10-4-7-12(18)13(19)8-10)14(20-15(22)21-16)9-2-5-11(17)6-3-9/h2-8,14H,1H3,(H2,20,21,22). The van der Waals surface area contributed by atoms with Crippen LogP contribution in [0.4, 0.5) is 9.18 Å². The molecule has 0 bridgehead atoms. The highest BCUT2D eigenvalue weighted by Crippen LogP contribution is 2.39. The Labute approximate surface area is 137 Å². The van der Waals surface area contributed by atoms with Gasteiger partial charge in [-0.1, -0.05) is 41.4 Å². The quantitative estimate of drug-likeness (QED) is 0.836. The van der Waals surface area contributed by atoms with Gasteiger partial charge in [0, 0.05) is 5.02 Å². The molecule has 1 aliphatic rings. The lowest BCUT2D eigenvalue weighted by Crippen LogP contribution is -2.39. The van der Waals surface area contributed by atoms with Gasteiger partial charge in [0.05, 0.1) is 16.6 Å². The van der Waals surface area contributed by atoms with E-state index >= 15 is 0 Å². The van der Waals surface area contributed by atoms with E-state index in [4.69, 9.17) is 23.2 Å². The van der Waals surface area contributed by atoms with Crippen LogP contribution in [0.5, 0.6) is 0 Å². The molecule has 3 rings (SSSR count). The normalized spacial score (nSPS) is 24.0. The van der Waals surface area contributed by atoms with E-state index in [0.717, 1.165) is 5.56 Å². The number of urea groups is 1. The van der Waals surface area contributed by atoms with Gasteiger partial charge in [0.25, 0.3) is 0 Å². The zero-order chi connectivity index (χ0) is 15.9. The molecule has 1 saturated heterocycles. The summed E-state index contributed by atoms with van der Waals surface area (Å²) >= 11 is 11.6. The Morgan fingerprint density at radius 3 is 2.45 bits per heavy atom. The number of hydrogen-bond acceptors (Lipinski definition) is 1. The van der Waals surface area contributed by atoms with Crippen LogP contribution in [0.3, 0.4) is 0 Å². The van der Waals surface area contributed by atoms with Crippen molar-refractivity contribution in [2.75, 3.05) is 0 Å². The van der Waals surface area contributed by atoms with Gasteiger partial charge in [-0.15, -0.1) is 0 Å². The predicted octanol–water partition coefficient (Wildman–Crippen LogP) is 4.40. The highest BCUT2D eigenvalue weighted by atomic mass is 35.5. The average molecular weight is 339 g/mol. The fourth-order valence-corrected chi connectivity index (χ4v) is 2.99. The molecule has 2 aromatic rings. The highest BCUT2D eigenvalue weighted by Gasteiger charge is 2.45. The number of amides is 2. The fourth-order valence-electron chi connectivity index (χ4n) is 2.75. The van der Waals surface area contributed by atoms with E-state index in [1.807, 2.05) is 19.1 Å². The molecule has 0 spiro atoms. The Morgan fingerprint density at radius 2 is 1.82 bits per heavy atom. The van der Waals surface area contributed by atoms with Crippen molar-refractivity contribution in [2.24, 2.45) is 0 Å². The molecular formula is C16H13Cl2FN2O. The molecule has 1 heterocycles. The first-order chi connectivity index (χ1) is 10.4. The maximum Gasteiger partial charge on any atom is 0.316 e. The second-order valence-electron chi connectivity index (χ2n) is 5.41. The van der Waals surface area contributed by atoms with Gasteiger partial charge in [-0.25, -0.2) is 9.18 Å². The lowest BCUT2D eigenvalue weighted by atomic mass is 9.82. The van der Waals surface area contributed by atoms with E-state index in [-0.39, 0.29) is 17.1 Å².